The van der Waals surface area contributed by atoms with Gasteiger partial charge < -0.3 is 14.4 Å². The fourth-order valence-corrected chi connectivity index (χ4v) is 2.20. The summed E-state index contributed by atoms with van der Waals surface area (Å²) in [6.45, 7) is 6.77. The van der Waals surface area contributed by atoms with Gasteiger partial charge >= 0.3 is 12.1 Å². The van der Waals surface area contributed by atoms with Crippen molar-refractivity contribution < 1.29 is 19.1 Å². The topological polar surface area (TPSA) is 55.8 Å². The standard InChI is InChI=1S/C16H21NO4/c1-16(2,3)21-15(19)17-9-13(10-17)11-6-5-7-12(8-11)14(18)20-4/h5-8,13H,9-10H2,1-4H3. The molecule has 21 heavy (non-hydrogen) atoms. The number of nitrogens with zero attached hydrogens (tertiary/aromatic N) is 1. The Balaban J connectivity index is 1.95. The quantitative estimate of drug-likeness (QED) is 0.786. The third kappa shape index (κ3) is 3.74. The second-order valence-corrected chi connectivity index (χ2v) is 6.20. The van der Waals surface area contributed by atoms with Crippen molar-refractivity contribution in [3.05, 3.63) is 35.4 Å². The lowest BCUT2D eigenvalue weighted by atomic mass is 9.91. The molecule has 5 nitrogen and oxygen atoms in total. The van der Waals surface area contributed by atoms with E-state index in [4.69, 9.17) is 9.47 Å². The van der Waals surface area contributed by atoms with Gasteiger partial charge in [-0.1, -0.05) is 12.1 Å². The van der Waals surface area contributed by atoms with Crippen LogP contribution in [0.1, 0.15) is 42.6 Å². The van der Waals surface area contributed by atoms with Crippen molar-refractivity contribution >= 4 is 12.1 Å². The number of carbonyl (C=O) groups is 2. The molecule has 1 aromatic carbocycles. The third-order valence-electron chi connectivity index (χ3n) is 3.31. The van der Waals surface area contributed by atoms with E-state index in [1.54, 1.807) is 11.0 Å². The maximum atomic E-state index is 11.9. The number of likely N-dealkylation sites (tertiary alicyclic amines) is 1. The lowest BCUT2D eigenvalue weighted by Crippen LogP contribution is -2.50. The Bertz CT molecular complexity index is 541. The molecule has 0 atom stereocenters. The number of amides is 1. The van der Waals surface area contributed by atoms with Crippen LogP contribution in [0.2, 0.25) is 0 Å². The van der Waals surface area contributed by atoms with Gasteiger partial charge in [0.25, 0.3) is 0 Å². The Morgan fingerprint density at radius 3 is 2.48 bits per heavy atom. The first kappa shape index (κ1) is 15.4. The molecule has 1 fully saturated rings. The normalized spacial score (nSPS) is 15.3. The van der Waals surface area contributed by atoms with Crippen molar-refractivity contribution in [2.45, 2.75) is 32.3 Å². The van der Waals surface area contributed by atoms with Gasteiger partial charge in [-0.25, -0.2) is 9.59 Å². The van der Waals surface area contributed by atoms with Gasteiger partial charge in [-0.15, -0.1) is 0 Å². The molecule has 1 aliphatic rings. The summed E-state index contributed by atoms with van der Waals surface area (Å²) < 4.78 is 10.0. The summed E-state index contributed by atoms with van der Waals surface area (Å²) >= 11 is 0. The first-order valence-electron chi connectivity index (χ1n) is 6.96. The lowest BCUT2D eigenvalue weighted by Gasteiger charge is -2.40. The molecule has 0 N–H and O–H groups in total. The molecule has 0 saturated carbocycles. The average molecular weight is 291 g/mol. The minimum absolute atomic E-state index is 0.238. The molecule has 1 amide bonds. The second kappa shape index (κ2) is 5.76. The fourth-order valence-electron chi connectivity index (χ4n) is 2.20. The van der Waals surface area contributed by atoms with E-state index in [0.29, 0.717) is 18.7 Å². The zero-order valence-electron chi connectivity index (χ0n) is 12.9. The summed E-state index contributed by atoms with van der Waals surface area (Å²) in [5.41, 5.74) is 1.09. The number of methoxy groups -OCH3 is 1. The van der Waals surface area contributed by atoms with Crippen LogP contribution in [0.15, 0.2) is 24.3 Å². The molecule has 114 valence electrons. The minimum atomic E-state index is -0.479. The van der Waals surface area contributed by atoms with Gasteiger partial charge in [-0.2, -0.15) is 0 Å². The van der Waals surface area contributed by atoms with Crippen LogP contribution < -0.4 is 0 Å². The summed E-state index contributed by atoms with van der Waals surface area (Å²) in [6.07, 6.45) is -0.289. The second-order valence-electron chi connectivity index (χ2n) is 6.20. The molecule has 0 aliphatic carbocycles. The maximum Gasteiger partial charge on any atom is 0.410 e. The maximum absolute atomic E-state index is 11.9. The molecule has 1 saturated heterocycles. The molecule has 0 aromatic heterocycles. The van der Waals surface area contributed by atoms with Crippen molar-refractivity contribution in [2.24, 2.45) is 0 Å². The number of benzene rings is 1. The van der Waals surface area contributed by atoms with Gasteiger partial charge in [0, 0.05) is 19.0 Å². The smallest absolute Gasteiger partial charge is 0.410 e. The molecule has 0 spiro atoms. The van der Waals surface area contributed by atoms with E-state index in [1.165, 1.54) is 7.11 Å². The molecule has 0 bridgehead atoms. The first-order valence-corrected chi connectivity index (χ1v) is 6.96. The Hall–Kier alpha value is -2.04. The van der Waals surface area contributed by atoms with Crippen LogP contribution in [0.3, 0.4) is 0 Å². The van der Waals surface area contributed by atoms with E-state index >= 15 is 0 Å². The van der Waals surface area contributed by atoms with Crippen LogP contribution >= 0.6 is 0 Å². The predicted octanol–water partition coefficient (Wildman–Crippen LogP) is 2.81. The summed E-state index contributed by atoms with van der Waals surface area (Å²) in [7, 11) is 1.36. The summed E-state index contributed by atoms with van der Waals surface area (Å²) in [5, 5.41) is 0. The van der Waals surface area contributed by atoms with Crippen LogP contribution in [0.25, 0.3) is 0 Å². The van der Waals surface area contributed by atoms with Crippen molar-refractivity contribution in [2.75, 3.05) is 20.2 Å². The number of rotatable bonds is 2. The Morgan fingerprint density at radius 1 is 1.24 bits per heavy atom. The summed E-state index contributed by atoms with van der Waals surface area (Å²) in [4.78, 5) is 25.1. The van der Waals surface area contributed by atoms with E-state index in [1.807, 2.05) is 39.0 Å². The molecule has 1 aromatic rings. The number of hydrogen-bond donors (Lipinski definition) is 0. The fraction of sp³-hybridized carbons (Fsp3) is 0.500. The van der Waals surface area contributed by atoms with E-state index in [9.17, 15) is 9.59 Å². The highest BCUT2D eigenvalue weighted by atomic mass is 16.6. The highest BCUT2D eigenvalue weighted by Gasteiger charge is 2.34. The van der Waals surface area contributed by atoms with Gasteiger partial charge in [0.1, 0.15) is 5.60 Å². The Kier molecular flexibility index (Phi) is 4.21. The predicted molar refractivity (Wildman–Crippen MR) is 78.3 cm³/mol. The van der Waals surface area contributed by atoms with Gasteiger partial charge in [0.05, 0.1) is 12.7 Å². The van der Waals surface area contributed by atoms with Crippen LogP contribution in [0.4, 0.5) is 4.79 Å². The molecule has 5 heteroatoms. The number of carbonyl (C=O) groups excluding carboxylic acids is 2. The van der Waals surface area contributed by atoms with E-state index in [-0.39, 0.29) is 18.0 Å². The van der Waals surface area contributed by atoms with Gasteiger partial charge in [0.2, 0.25) is 0 Å². The Labute approximate surface area is 124 Å². The third-order valence-corrected chi connectivity index (χ3v) is 3.31. The lowest BCUT2D eigenvalue weighted by molar-refractivity contribution is 0.00815. The number of hydrogen-bond acceptors (Lipinski definition) is 4. The molecule has 0 unspecified atom stereocenters. The zero-order valence-corrected chi connectivity index (χ0v) is 12.9. The van der Waals surface area contributed by atoms with Crippen molar-refractivity contribution in [3.63, 3.8) is 0 Å². The number of esters is 1. The van der Waals surface area contributed by atoms with E-state index < -0.39 is 5.60 Å². The highest BCUT2D eigenvalue weighted by Crippen LogP contribution is 2.29. The highest BCUT2D eigenvalue weighted by molar-refractivity contribution is 5.89. The molecular weight excluding hydrogens is 270 g/mol. The minimum Gasteiger partial charge on any atom is -0.465 e. The summed E-state index contributed by atoms with van der Waals surface area (Å²) in [5.74, 6) is -0.109. The SMILES string of the molecule is COC(=O)c1cccc(C2CN(C(=O)OC(C)(C)C)C2)c1. The van der Waals surface area contributed by atoms with Crippen LogP contribution in [0, 0.1) is 0 Å². The van der Waals surface area contributed by atoms with Crippen LogP contribution in [-0.2, 0) is 9.47 Å². The van der Waals surface area contributed by atoms with Crippen molar-refractivity contribution in [3.8, 4) is 0 Å². The van der Waals surface area contributed by atoms with Crippen molar-refractivity contribution in [1.82, 2.24) is 4.90 Å². The molecular formula is C16H21NO4. The van der Waals surface area contributed by atoms with E-state index in [2.05, 4.69) is 0 Å². The van der Waals surface area contributed by atoms with Crippen molar-refractivity contribution in [1.29, 1.82) is 0 Å². The largest absolute Gasteiger partial charge is 0.465 e. The summed E-state index contributed by atoms with van der Waals surface area (Å²) in [6, 6.07) is 7.34. The molecule has 1 aliphatic heterocycles. The van der Waals surface area contributed by atoms with Gasteiger partial charge in [-0.05, 0) is 38.5 Å². The van der Waals surface area contributed by atoms with E-state index in [0.717, 1.165) is 5.56 Å². The van der Waals surface area contributed by atoms with Crippen LogP contribution in [-0.4, -0.2) is 42.8 Å². The van der Waals surface area contributed by atoms with Crippen LogP contribution in [0.5, 0.6) is 0 Å². The van der Waals surface area contributed by atoms with Gasteiger partial charge in [-0.3, -0.25) is 0 Å². The van der Waals surface area contributed by atoms with Gasteiger partial charge in [0.15, 0.2) is 0 Å². The molecule has 0 radical (unpaired) electrons. The monoisotopic (exact) mass is 291 g/mol. The number of ether oxygens (including phenoxy) is 2. The molecule has 2 rings (SSSR count). The first-order chi connectivity index (χ1) is 9.80. The zero-order chi connectivity index (χ0) is 15.6. The molecule has 1 heterocycles. The Morgan fingerprint density at radius 2 is 1.90 bits per heavy atom. The average Bonchev–Trinajstić information content (AvgIpc) is 2.34.